The number of aromatic nitrogens is 1. The van der Waals surface area contributed by atoms with Crippen molar-refractivity contribution in [3.05, 3.63) is 65.5 Å². The minimum atomic E-state index is -0.426. The van der Waals surface area contributed by atoms with Gasteiger partial charge in [0.2, 0.25) is 0 Å². The lowest BCUT2D eigenvalue weighted by Gasteiger charge is -2.32. The molecule has 1 aliphatic rings. The third-order valence-electron chi connectivity index (χ3n) is 4.40. The van der Waals surface area contributed by atoms with Crippen molar-refractivity contribution in [2.75, 3.05) is 19.7 Å². The predicted molar refractivity (Wildman–Crippen MR) is 93.7 cm³/mol. The van der Waals surface area contributed by atoms with Crippen LogP contribution in [-0.2, 0) is 11.3 Å². The summed E-state index contributed by atoms with van der Waals surface area (Å²) in [6, 6.07) is 15.5. The molecular weight excluding hydrogens is 314 g/mol. The normalized spacial score (nSPS) is 17.6. The van der Waals surface area contributed by atoms with Gasteiger partial charge in [-0.1, -0.05) is 30.3 Å². The Morgan fingerprint density at radius 1 is 1.28 bits per heavy atom. The van der Waals surface area contributed by atoms with Gasteiger partial charge in [0, 0.05) is 25.2 Å². The molecule has 25 heavy (non-hydrogen) atoms. The second-order valence-electron chi connectivity index (χ2n) is 6.37. The van der Waals surface area contributed by atoms with Crippen LogP contribution in [0.4, 0.5) is 0 Å². The number of benzene rings is 1. The average molecular weight is 335 g/mol. The van der Waals surface area contributed by atoms with Crippen LogP contribution in [0.25, 0.3) is 0 Å². The van der Waals surface area contributed by atoms with Gasteiger partial charge in [0.1, 0.15) is 11.8 Å². The standard InChI is InChI=1S/C20H21N3O2/c21-11-17-8-9-19(22-12-17)20(24)25-15-18-7-4-10-23(14-18)13-16-5-2-1-3-6-16/h1-3,5-6,8-9,12,18H,4,7,10,13-15H2/t18-/m0/s1. The zero-order chi connectivity index (χ0) is 17.5. The molecule has 0 saturated carbocycles. The molecule has 2 aromatic rings. The molecule has 128 valence electrons. The highest BCUT2D eigenvalue weighted by molar-refractivity contribution is 5.87. The first kappa shape index (κ1) is 17.1. The van der Waals surface area contributed by atoms with E-state index in [-0.39, 0.29) is 5.69 Å². The summed E-state index contributed by atoms with van der Waals surface area (Å²) < 4.78 is 5.43. The minimum Gasteiger partial charge on any atom is -0.461 e. The van der Waals surface area contributed by atoms with Crippen LogP contribution >= 0.6 is 0 Å². The summed E-state index contributed by atoms with van der Waals surface area (Å²) in [5.74, 6) is -0.0792. The molecule has 3 rings (SSSR count). The highest BCUT2D eigenvalue weighted by Gasteiger charge is 2.22. The third-order valence-corrected chi connectivity index (χ3v) is 4.40. The van der Waals surface area contributed by atoms with E-state index >= 15 is 0 Å². The van der Waals surface area contributed by atoms with Gasteiger partial charge in [-0.05, 0) is 37.1 Å². The van der Waals surface area contributed by atoms with E-state index < -0.39 is 5.97 Å². The molecule has 2 heterocycles. The smallest absolute Gasteiger partial charge is 0.356 e. The molecule has 0 N–H and O–H groups in total. The molecule has 0 spiro atoms. The fourth-order valence-corrected chi connectivity index (χ4v) is 3.12. The van der Waals surface area contributed by atoms with Crippen molar-refractivity contribution in [1.29, 1.82) is 5.26 Å². The number of carbonyl (C=O) groups is 1. The van der Waals surface area contributed by atoms with Gasteiger partial charge in [0.05, 0.1) is 12.2 Å². The molecular formula is C20H21N3O2. The first-order chi connectivity index (χ1) is 12.2. The topological polar surface area (TPSA) is 66.2 Å². The van der Waals surface area contributed by atoms with Gasteiger partial charge in [0.25, 0.3) is 0 Å². The van der Waals surface area contributed by atoms with E-state index in [1.807, 2.05) is 12.1 Å². The first-order valence-corrected chi connectivity index (χ1v) is 8.54. The average Bonchev–Trinajstić information content (AvgIpc) is 2.67. The monoisotopic (exact) mass is 335 g/mol. The Bertz CT molecular complexity index is 738. The summed E-state index contributed by atoms with van der Waals surface area (Å²) in [4.78, 5) is 18.5. The number of rotatable bonds is 5. The fourth-order valence-electron chi connectivity index (χ4n) is 3.12. The molecule has 0 radical (unpaired) electrons. The second kappa shape index (κ2) is 8.41. The summed E-state index contributed by atoms with van der Waals surface area (Å²) in [6.07, 6.45) is 3.57. The maximum Gasteiger partial charge on any atom is 0.356 e. The van der Waals surface area contributed by atoms with Gasteiger partial charge in [0.15, 0.2) is 0 Å². The maximum atomic E-state index is 12.1. The Labute approximate surface area is 147 Å². The molecule has 1 atom stereocenters. The Kier molecular flexibility index (Phi) is 5.76. The number of nitriles is 1. The molecule has 1 aliphatic heterocycles. The largest absolute Gasteiger partial charge is 0.461 e. The van der Waals surface area contributed by atoms with Crippen LogP contribution in [0.3, 0.4) is 0 Å². The number of hydrogen-bond acceptors (Lipinski definition) is 5. The van der Waals surface area contributed by atoms with E-state index in [1.54, 1.807) is 6.07 Å². The van der Waals surface area contributed by atoms with Crippen LogP contribution < -0.4 is 0 Å². The number of hydrogen-bond donors (Lipinski definition) is 0. The van der Waals surface area contributed by atoms with Gasteiger partial charge in [-0.15, -0.1) is 0 Å². The van der Waals surface area contributed by atoms with Gasteiger partial charge in [-0.25, -0.2) is 9.78 Å². The van der Waals surface area contributed by atoms with Gasteiger partial charge in [-0.3, -0.25) is 4.90 Å². The molecule has 1 saturated heterocycles. The Morgan fingerprint density at radius 2 is 2.12 bits per heavy atom. The summed E-state index contributed by atoms with van der Waals surface area (Å²) in [5, 5.41) is 8.76. The number of esters is 1. The molecule has 0 unspecified atom stereocenters. The lowest BCUT2D eigenvalue weighted by Crippen LogP contribution is -2.37. The van der Waals surface area contributed by atoms with Crippen molar-refractivity contribution in [3.63, 3.8) is 0 Å². The number of likely N-dealkylation sites (tertiary alicyclic amines) is 1. The number of ether oxygens (including phenoxy) is 1. The molecule has 1 aromatic heterocycles. The van der Waals surface area contributed by atoms with Crippen molar-refractivity contribution >= 4 is 5.97 Å². The molecule has 0 aliphatic carbocycles. The predicted octanol–water partition coefficient (Wildman–Crippen LogP) is 3.02. The van der Waals surface area contributed by atoms with Gasteiger partial charge in [-0.2, -0.15) is 5.26 Å². The van der Waals surface area contributed by atoms with Gasteiger partial charge >= 0.3 is 5.97 Å². The lowest BCUT2D eigenvalue weighted by molar-refractivity contribution is 0.0341. The van der Waals surface area contributed by atoms with Crippen LogP contribution in [-0.4, -0.2) is 35.5 Å². The van der Waals surface area contributed by atoms with Crippen LogP contribution in [0, 0.1) is 17.2 Å². The van der Waals surface area contributed by atoms with Crippen LogP contribution in [0.5, 0.6) is 0 Å². The zero-order valence-electron chi connectivity index (χ0n) is 14.1. The number of nitrogens with zero attached hydrogens (tertiary/aromatic N) is 3. The van der Waals surface area contributed by atoms with Crippen LogP contribution in [0.15, 0.2) is 48.7 Å². The summed E-state index contributed by atoms with van der Waals surface area (Å²) >= 11 is 0. The van der Waals surface area contributed by atoms with Crippen molar-refractivity contribution in [1.82, 2.24) is 9.88 Å². The van der Waals surface area contributed by atoms with Crippen molar-refractivity contribution in [2.45, 2.75) is 19.4 Å². The number of piperidine rings is 1. The van der Waals surface area contributed by atoms with E-state index in [2.05, 4.69) is 34.1 Å². The van der Waals surface area contributed by atoms with E-state index in [0.29, 0.717) is 18.1 Å². The Balaban J connectivity index is 1.49. The maximum absolute atomic E-state index is 12.1. The Hall–Kier alpha value is -2.71. The Morgan fingerprint density at radius 3 is 2.84 bits per heavy atom. The van der Waals surface area contributed by atoms with Crippen molar-refractivity contribution < 1.29 is 9.53 Å². The summed E-state index contributed by atoms with van der Waals surface area (Å²) in [5.41, 5.74) is 1.98. The zero-order valence-corrected chi connectivity index (χ0v) is 14.1. The summed E-state index contributed by atoms with van der Waals surface area (Å²) in [6.45, 7) is 3.35. The minimum absolute atomic E-state index is 0.246. The molecule has 0 amide bonds. The SMILES string of the molecule is N#Cc1ccc(C(=O)OC[C@H]2CCCN(Cc3ccccc3)C2)nc1. The fraction of sp³-hybridized carbons (Fsp3) is 0.350. The highest BCUT2D eigenvalue weighted by atomic mass is 16.5. The van der Waals surface area contributed by atoms with Crippen LogP contribution in [0.1, 0.15) is 34.5 Å². The summed E-state index contributed by atoms with van der Waals surface area (Å²) in [7, 11) is 0. The highest BCUT2D eigenvalue weighted by Crippen LogP contribution is 2.19. The number of carbonyl (C=O) groups excluding carboxylic acids is 1. The van der Waals surface area contributed by atoms with Crippen molar-refractivity contribution in [3.8, 4) is 6.07 Å². The number of pyridine rings is 1. The first-order valence-electron chi connectivity index (χ1n) is 8.54. The molecule has 0 bridgehead atoms. The van der Waals surface area contributed by atoms with E-state index in [4.69, 9.17) is 10.00 Å². The lowest BCUT2D eigenvalue weighted by atomic mass is 9.98. The molecule has 1 fully saturated rings. The second-order valence-corrected chi connectivity index (χ2v) is 6.37. The molecule has 5 nitrogen and oxygen atoms in total. The molecule has 1 aromatic carbocycles. The van der Waals surface area contributed by atoms with Crippen LogP contribution in [0.2, 0.25) is 0 Å². The van der Waals surface area contributed by atoms with E-state index in [1.165, 1.54) is 17.8 Å². The third kappa shape index (κ3) is 4.88. The van der Waals surface area contributed by atoms with Gasteiger partial charge < -0.3 is 4.74 Å². The molecule has 5 heteroatoms. The van der Waals surface area contributed by atoms with Crippen molar-refractivity contribution in [2.24, 2.45) is 5.92 Å². The van der Waals surface area contributed by atoms with E-state index in [0.717, 1.165) is 32.5 Å². The van der Waals surface area contributed by atoms with E-state index in [9.17, 15) is 4.79 Å². The quantitative estimate of drug-likeness (QED) is 0.786.